The zero-order chi connectivity index (χ0) is 21.4. The number of fused-ring (bicyclic) bond motifs is 2. The molecule has 4 aromatic rings. The number of nitrogens with zero attached hydrogens (tertiary/aromatic N) is 1. The van der Waals surface area contributed by atoms with Crippen LogP contribution in [0, 0.1) is 0 Å². The predicted molar refractivity (Wildman–Crippen MR) is 129 cm³/mol. The smallest absolute Gasteiger partial charge is 0.235 e. The van der Waals surface area contributed by atoms with Gasteiger partial charge in [0.15, 0.2) is 4.34 Å². The maximum Gasteiger partial charge on any atom is 0.235 e. The molecule has 0 unspecified atom stereocenters. The van der Waals surface area contributed by atoms with Crippen LogP contribution in [0.15, 0.2) is 63.8 Å². The van der Waals surface area contributed by atoms with Crippen LogP contribution < -0.4 is 4.72 Å². The number of thiazole rings is 1. The second kappa shape index (κ2) is 8.33. The van der Waals surface area contributed by atoms with Gasteiger partial charge < -0.3 is 5.11 Å². The lowest BCUT2D eigenvalue weighted by Crippen LogP contribution is -2.29. The molecule has 0 saturated heterocycles. The van der Waals surface area contributed by atoms with E-state index in [2.05, 4.69) is 9.71 Å². The van der Waals surface area contributed by atoms with E-state index in [0.29, 0.717) is 34.2 Å². The highest BCUT2D eigenvalue weighted by Crippen LogP contribution is 2.44. The highest BCUT2D eigenvalue weighted by Gasteiger charge is 2.28. The van der Waals surface area contributed by atoms with Gasteiger partial charge in [-0.05, 0) is 31.0 Å². The van der Waals surface area contributed by atoms with E-state index in [-0.39, 0.29) is 11.0 Å². The number of sulfonamides is 1. The number of anilines is 1. The summed E-state index contributed by atoms with van der Waals surface area (Å²) < 4.78 is 30.9. The Labute approximate surface area is 189 Å². The Morgan fingerprint density at radius 3 is 2.48 bits per heavy atom. The van der Waals surface area contributed by atoms with E-state index in [1.807, 2.05) is 48.5 Å². The van der Waals surface area contributed by atoms with E-state index in [1.54, 1.807) is 17.4 Å². The number of phenolic OH excluding ortho intramolecular Hbond substituents is 1. The molecule has 1 aliphatic carbocycles. The van der Waals surface area contributed by atoms with E-state index >= 15 is 0 Å². The van der Waals surface area contributed by atoms with Gasteiger partial charge in [-0.3, -0.25) is 4.72 Å². The van der Waals surface area contributed by atoms with Crippen molar-refractivity contribution in [3.63, 3.8) is 0 Å². The average molecular weight is 471 g/mol. The van der Waals surface area contributed by atoms with Crippen LogP contribution in [-0.4, -0.2) is 23.8 Å². The Morgan fingerprint density at radius 1 is 1.00 bits per heavy atom. The number of benzene rings is 3. The lowest BCUT2D eigenvalue weighted by atomic mass is 10.0. The fraction of sp³-hybridized carbons (Fsp3) is 0.261. The maximum atomic E-state index is 13.1. The lowest BCUT2D eigenvalue weighted by molar-refractivity contribution is 0.469. The number of nitrogens with one attached hydrogen (secondary N) is 1. The van der Waals surface area contributed by atoms with Crippen molar-refractivity contribution >= 4 is 59.8 Å². The summed E-state index contributed by atoms with van der Waals surface area (Å²) in [7, 11) is -3.50. The normalized spacial score (nSPS) is 15.5. The first-order chi connectivity index (χ1) is 15.0. The van der Waals surface area contributed by atoms with Crippen molar-refractivity contribution in [2.24, 2.45) is 0 Å². The third kappa shape index (κ3) is 4.12. The van der Waals surface area contributed by atoms with E-state index < -0.39 is 10.0 Å². The van der Waals surface area contributed by atoms with Gasteiger partial charge in [0, 0.05) is 10.8 Å². The molecule has 1 heterocycles. The first kappa shape index (κ1) is 20.6. The Bertz CT molecular complexity index is 1330. The molecule has 160 valence electrons. The maximum absolute atomic E-state index is 13.1. The summed E-state index contributed by atoms with van der Waals surface area (Å²) in [5.41, 5.74) is 1.41. The number of hydrogen-bond donors (Lipinski definition) is 2. The molecule has 31 heavy (non-hydrogen) atoms. The summed E-state index contributed by atoms with van der Waals surface area (Å²) in [6.45, 7) is 0. The molecule has 1 aliphatic rings. The highest BCUT2D eigenvalue weighted by molar-refractivity contribution is 8.01. The fourth-order valence-corrected chi connectivity index (χ4v) is 7.81. The monoisotopic (exact) mass is 470 g/mol. The van der Waals surface area contributed by atoms with Gasteiger partial charge in [0.25, 0.3) is 0 Å². The van der Waals surface area contributed by atoms with Crippen molar-refractivity contribution in [1.29, 1.82) is 0 Å². The SMILES string of the molecule is O=S(=O)(Nc1cc(Sc2nc3ccccc3s2)c(O)c2ccccc12)C1CCCCC1. The molecular weight excluding hydrogens is 448 g/mol. The number of aromatic nitrogens is 1. The van der Waals surface area contributed by atoms with Crippen LogP contribution in [0.2, 0.25) is 0 Å². The molecule has 0 atom stereocenters. The average Bonchev–Trinajstić information content (AvgIpc) is 3.20. The molecular formula is C23H22N2O3S3. The third-order valence-corrected chi connectivity index (χ3v) is 9.68. The standard InChI is InChI=1S/C23H22N2O3S3/c26-22-17-11-5-4-10-16(17)19(25-31(27,28)15-8-2-1-3-9-15)14-21(22)30-23-24-18-12-6-7-13-20(18)29-23/h4-7,10-15,25-26H,1-3,8-9H2. The Morgan fingerprint density at radius 2 is 1.71 bits per heavy atom. The molecule has 1 fully saturated rings. The molecule has 0 spiro atoms. The Balaban J connectivity index is 1.55. The Kier molecular flexibility index (Phi) is 5.54. The van der Waals surface area contributed by atoms with Gasteiger partial charge >= 0.3 is 0 Å². The number of aromatic hydroxyl groups is 1. The zero-order valence-corrected chi connectivity index (χ0v) is 19.2. The summed E-state index contributed by atoms with van der Waals surface area (Å²) in [4.78, 5) is 5.22. The first-order valence-electron chi connectivity index (χ1n) is 10.3. The van der Waals surface area contributed by atoms with Crippen LogP contribution in [0.1, 0.15) is 32.1 Å². The van der Waals surface area contributed by atoms with Gasteiger partial charge in [-0.15, -0.1) is 11.3 Å². The van der Waals surface area contributed by atoms with Crippen molar-refractivity contribution in [3.05, 3.63) is 54.6 Å². The van der Waals surface area contributed by atoms with Crippen molar-refractivity contribution in [2.45, 2.75) is 46.6 Å². The quantitative estimate of drug-likeness (QED) is 0.331. The van der Waals surface area contributed by atoms with E-state index in [1.165, 1.54) is 11.8 Å². The summed E-state index contributed by atoms with van der Waals surface area (Å²) in [6, 6.07) is 17.0. The fourth-order valence-electron chi connectivity index (χ4n) is 4.10. The van der Waals surface area contributed by atoms with Crippen molar-refractivity contribution < 1.29 is 13.5 Å². The van der Waals surface area contributed by atoms with Crippen molar-refractivity contribution in [3.8, 4) is 5.75 Å². The number of para-hydroxylation sites is 1. The van der Waals surface area contributed by atoms with Crippen LogP contribution in [0.3, 0.4) is 0 Å². The third-order valence-electron chi connectivity index (χ3n) is 5.70. The largest absolute Gasteiger partial charge is 0.506 e. The van der Waals surface area contributed by atoms with Crippen LogP contribution in [0.4, 0.5) is 5.69 Å². The van der Waals surface area contributed by atoms with Gasteiger partial charge in [-0.2, -0.15) is 0 Å². The van der Waals surface area contributed by atoms with Gasteiger partial charge in [0.1, 0.15) is 5.75 Å². The molecule has 1 aromatic heterocycles. The van der Waals surface area contributed by atoms with Crippen molar-refractivity contribution in [1.82, 2.24) is 4.98 Å². The molecule has 5 nitrogen and oxygen atoms in total. The van der Waals surface area contributed by atoms with Gasteiger partial charge in [-0.25, -0.2) is 13.4 Å². The summed E-state index contributed by atoms with van der Waals surface area (Å²) >= 11 is 2.90. The van der Waals surface area contributed by atoms with Crippen LogP contribution >= 0.6 is 23.1 Å². The van der Waals surface area contributed by atoms with Gasteiger partial charge in [-0.1, -0.05) is 67.4 Å². The minimum Gasteiger partial charge on any atom is -0.506 e. The molecule has 5 rings (SSSR count). The van der Waals surface area contributed by atoms with Gasteiger partial charge in [0.2, 0.25) is 10.0 Å². The molecule has 8 heteroatoms. The van der Waals surface area contributed by atoms with E-state index in [4.69, 9.17) is 0 Å². The van der Waals surface area contributed by atoms with Crippen molar-refractivity contribution in [2.75, 3.05) is 4.72 Å². The topological polar surface area (TPSA) is 79.3 Å². The molecule has 3 aromatic carbocycles. The second-order valence-electron chi connectivity index (χ2n) is 7.77. The van der Waals surface area contributed by atoms with E-state index in [9.17, 15) is 13.5 Å². The van der Waals surface area contributed by atoms with E-state index in [0.717, 1.165) is 33.8 Å². The molecule has 0 bridgehead atoms. The number of hydrogen-bond acceptors (Lipinski definition) is 6. The predicted octanol–water partition coefficient (Wildman–Crippen LogP) is 6.38. The molecule has 2 N–H and O–H groups in total. The minimum absolute atomic E-state index is 0.139. The summed E-state index contributed by atoms with van der Waals surface area (Å²) in [6.07, 6.45) is 4.37. The van der Waals surface area contributed by atoms with Crippen LogP contribution in [-0.2, 0) is 10.0 Å². The second-order valence-corrected chi connectivity index (χ2v) is 12.1. The first-order valence-corrected chi connectivity index (χ1v) is 13.5. The summed E-state index contributed by atoms with van der Waals surface area (Å²) in [5.74, 6) is 0.139. The number of phenols is 1. The Hall–Kier alpha value is -2.29. The molecule has 1 saturated carbocycles. The van der Waals surface area contributed by atoms with Gasteiger partial charge in [0.05, 0.1) is 26.0 Å². The van der Waals surface area contributed by atoms with Crippen LogP contribution in [0.25, 0.3) is 21.0 Å². The minimum atomic E-state index is -3.50. The number of rotatable bonds is 5. The molecule has 0 amide bonds. The highest BCUT2D eigenvalue weighted by atomic mass is 32.2. The molecule has 0 radical (unpaired) electrons. The lowest BCUT2D eigenvalue weighted by Gasteiger charge is -2.23. The zero-order valence-electron chi connectivity index (χ0n) is 16.7. The molecule has 0 aliphatic heterocycles. The summed E-state index contributed by atoms with van der Waals surface area (Å²) in [5, 5.41) is 11.9. The van der Waals surface area contributed by atoms with Crippen LogP contribution in [0.5, 0.6) is 5.75 Å².